The Balaban J connectivity index is 2.09. The summed E-state index contributed by atoms with van der Waals surface area (Å²) in [5, 5.41) is 12.5. The zero-order chi connectivity index (χ0) is 9.97. The van der Waals surface area contributed by atoms with Gasteiger partial charge >= 0.3 is 0 Å². The fourth-order valence-electron chi connectivity index (χ4n) is 1.98. The Labute approximate surface area is 82.8 Å². The molecule has 0 bridgehead atoms. The number of quaternary nitrogens is 1. The molecular weight excluding hydrogens is 178 g/mol. The molecule has 1 aromatic rings. The van der Waals surface area contributed by atoms with Gasteiger partial charge in [-0.2, -0.15) is 0 Å². The number of carbonyl (C=O) groups is 1. The van der Waals surface area contributed by atoms with Gasteiger partial charge in [-0.3, -0.25) is 0 Å². The topological polar surface area (TPSA) is 56.7 Å². The maximum Gasteiger partial charge on any atom is 0.102 e. The first-order chi connectivity index (χ1) is 6.75. The van der Waals surface area contributed by atoms with Crippen molar-refractivity contribution in [3.63, 3.8) is 0 Å². The minimum atomic E-state index is -0.953. The lowest BCUT2D eigenvalue weighted by Crippen LogP contribution is -2.90. The van der Waals surface area contributed by atoms with Gasteiger partial charge in [-0.15, -0.1) is 0 Å². The van der Waals surface area contributed by atoms with E-state index in [0.717, 1.165) is 13.0 Å². The molecule has 1 aromatic carbocycles. The third-order valence-corrected chi connectivity index (χ3v) is 2.70. The van der Waals surface area contributed by atoms with Gasteiger partial charge in [-0.25, -0.2) is 0 Å². The summed E-state index contributed by atoms with van der Waals surface area (Å²) in [6.45, 7) is 0.883. The van der Waals surface area contributed by atoms with Crippen LogP contribution in [0.5, 0.6) is 0 Å². The number of hydrogen-bond acceptors (Lipinski definition) is 2. The number of fused-ring (bicyclic) bond motifs is 1. The Morgan fingerprint density at radius 3 is 2.86 bits per heavy atom. The van der Waals surface area contributed by atoms with Crippen molar-refractivity contribution in [1.82, 2.24) is 0 Å². The zero-order valence-corrected chi connectivity index (χ0v) is 7.90. The fourth-order valence-corrected chi connectivity index (χ4v) is 1.98. The highest BCUT2D eigenvalue weighted by atomic mass is 16.4. The summed E-state index contributed by atoms with van der Waals surface area (Å²) in [7, 11) is 0. The minimum absolute atomic E-state index is 0.147. The molecule has 3 heteroatoms. The van der Waals surface area contributed by atoms with Crippen LogP contribution in [0.3, 0.4) is 0 Å². The maximum atomic E-state index is 10.4. The monoisotopic (exact) mass is 191 g/mol. The molecule has 0 spiro atoms. The summed E-state index contributed by atoms with van der Waals surface area (Å²) in [6, 6.07) is 8.34. The number of carbonyl (C=O) groups excluding carboxylic acids is 1. The van der Waals surface area contributed by atoms with Crippen LogP contribution >= 0.6 is 0 Å². The molecule has 2 rings (SSSR count). The minimum Gasteiger partial charge on any atom is -0.550 e. The van der Waals surface area contributed by atoms with Crippen LogP contribution in [0.4, 0.5) is 0 Å². The molecule has 1 aliphatic rings. The lowest BCUT2D eigenvalue weighted by Gasteiger charge is -2.23. The highest BCUT2D eigenvalue weighted by Gasteiger charge is 2.20. The van der Waals surface area contributed by atoms with Gasteiger partial charge in [0.2, 0.25) is 0 Å². The quantitative estimate of drug-likeness (QED) is 0.639. The summed E-state index contributed by atoms with van der Waals surface area (Å²) in [5.74, 6) is -0.953. The highest BCUT2D eigenvalue weighted by Crippen LogP contribution is 2.13. The van der Waals surface area contributed by atoms with Crippen LogP contribution < -0.4 is 10.4 Å². The molecule has 14 heavy (non-hydrogen) atoms. The molecule has 0 aromatic heterocycles. The summed E-state index contributed by atoms with van der Waals surface area (Å²) in [6.07, 6.45) is 0.985. The van der Waals surface area contributed by atoms with Crippen LogP contribution in [0.25, 0.3) is 0 Å². The fraction of sp³-hybridized carbons (Fsp3) is 0.364. The molecule has 0 radical (unpaired) electrons. The first kappa shape index (κ1) is 9.21. The summed E-state index contributed by atoms with van der Waals surface area (Å²) < 4.78 is 0. The van der Waals surface area contributed by atoms with Crippen molar-refractivity contribution in [1.29, 1.82) is 0 Å². The molecule has 0 fully saturated rings. The standard InChI is InChI=1S/C11H13NO2/c13-11(14)6-10-5-8-3-1-2-4-9(8)7-12-10/h1-4,10,12H,5-7H2,(H,13,14)/t10-/m0/s1. The summed E-state index contributed by atoms with van der Waals surface area (Å²) in [4.78, 5) is 10.4. The van der Waals surface area contributed by atoms with E-state index >= 15 is 0 Å². The number of hydrogen-bond donors (Lipinski definition) is 1. The van der Waals surface area contributed by atoms with Crippen LogP contribution in [0.1, 0.15) is 17.5 Å². The van der Waals surface area contributed by atoms with E-state index in [1.807, 2.05) is 12.1 Å². The second-order valence-electron chi connectivity index (χ2n) is 3.75. The van der Waals surface area contributed by atoms with Gasteiger partial charge in [0.1, 0.15) is 6.54 Å². The molecule has 1 atom stereocenters. The van der Waals surface area contributed by atoms with Crippen LogP contribution in [0.15, 0.2) is 24.3 Å². The molecule has 3 nitrogen and oxygen atoms in total. The molecule has 0 unspecified atom stereocenters. The zero-order valence-electron chi connectivity index (χ0n) is 7.90. The van der Waals surface area contributed by atoms with Gasteiger partial charge in [-0.05, 0) is 5.56 Å². The smallest absolute Gasteiger partial charge is 0.102 e. The molecule has 74 valence electrons. The van der Waals surface area contributed by atoms with Gasteiger partial charge in [0.15, 0.2) is 0 Å². The van der Waals surface area contributed by atoms with Crippen LogP contribution in [-0.4, -0.2) is 12.0 Å². The van der Waals surface area contributed by atoms with Crippen molar-refractivity contribution in [2.75, 3.05) is 0 Å². The van der Waals surface area contributed by atoms with Crippen molar-refractivity contribution in [2.24, 2.45) is 0 Å². The number of aliphatic carboxylic acids is 1. The number of carboxylic acid groups (broad SMARTS) is 1. The Morgan fingerprint density at radius 1 is 1.43 bits per heavy atom. The first-order valence-electron chi connectivity index (χ1n) is 4.85. The van der Waals surface area contributed by atoms with Crippen molar-refractivity contribution >= 4 is 5.97 Å². The number of nitrogens with two attached hydrogens (primary N) is 1. The first-order valence-corrected chi connectivity index (χ1v) is 4.85. The molecule has 0 saturated heterocycles. The van der Waals surface area contributed by atoms with Gasteiger partial charge in [-0.1, -0.05) is 24.3 Å². The Hall–Kier alpha value is -1.35. The van der Waals surface area contributed by atoms with Gasteiger partial charge in [0, 0.05) is 24.4 Å². The molecule has 0 aliphatic carbocycles. The predicted molar refractivity (Wildman–Crippen MR) is 49.2 cm³/mol. The number of rotatable bonds is 2. The van der Waals surface area contributed by atoms with Crippen molar-refractivity contribution in [3.8, 4) is 0 Å². The van der Waals surface area contributed by atoms with Crippen molar-refractivity contribution in [3.05, 3.63) is 35.4 Å². The Morgan fingerprint density at radius 2 is 2.14 bits per heavy atom. The van der Waals surface area contributed by atoms with E-state index in [9.17, 15) is 9.90 Å². The molecule has 1 aliphatic heterocycles. The predicted octanol–water partition coefficient (Wildman–Crippen LogP) is -1.19. The highest BCUT2D eigenvalue weighted by molar-refractivity contribution is 5.64. The Kier molecular flexibility index (Phi) is 2.50. The van der Waals surface area contributed by atoms with E-state index in [2.05, 4.69) is 17.4 Å². The summed E-state index contributed by atoms with van der Waals surface area (Å²) in [5.41, 5.74) is 2.60. The second-order valence-corrected chi connectivity index (χ2v) is 3.75. The van der Waals surface area contributed by atoms with Gasteiger partial charge < -0.3 is 15.2 Å². The lowest BCUT2D eigenvalue weighted by molar-refractivity contribution is -0.707. The van der Waals surface area contributed by atoms with Crippen LogP contribution in [-0.2, 0) is 17.8 Å². The number of carboxylic acids is 1. The second kappa shape index (κ2) is 3.80. The largest absolute Gasteiger partial charge is 0.550 e. The van der Waals surface area contributed by atoms with E-state index in [1.165, 1.54) is 11.1 Å². The van der Waals surface area contributed by atoms with E-state index in [1.54, 1.807) is 0 Å². The van der Waals surface area contributed by atoms with E-state index in [4.69, 9.17) is 0 Å². The molecule has 1 heterocycles. The van der Waals surface area contributed by atoms with Gasteiger partial charge in [0.25, 0.3) is 0 Å². The van der Waals surface area contributed by atoms with E-state index in [-0.39, 0.29) is 12.5 Å². The molecule has 0 amide bonds. The average Bonchev–Trinajstić information content (AvgIpc) is 2.17. The number of benzene rings is 1. The third kappa shape index (κ3) is 1.93. The van der Waals surface area contributed by atoms with E-state index in [0.29, 0.717) is 0 Å². The molecule has 0 saturated carbocycles. The normalized spacial score (nSPS) is 20.1. The van der Waals surface area contributed by atoms with E-state index < -0.39 is 5.97 Å². The Bertz CT molecular complexity index is 349. The van der Waals surface area contributed by atoms with Gasteiger partial charge in [0.05, 0.1) is 6.04 Å². The van der Waals surface area contributed by atoms with Crippen LogP contribution in [0.2, 0.25) is 0 Å². The lowest BCUT2D eigenvalue weighted by atomic mass is 9.94. The third-order valence-electron chi connectivity index (χ3n) is 2.70. The average molecular weight is 191 g/mol. The van der Waals surface area contributed by atoms with Crippen molar-refractivity contribution in [2.45, 2.75) is 25.4 Å². The maximum absolute atomic E-state index is 10.4. The summed E-state index contributed by atoms with van der Waals surface area (Å²) >= 11 is 0. The van der Waals surface area contributed by atoms with Crippen LogP contribution in [0, 0.1) is 0 Å². The molecular formula is C11H13NO2. The molecule has 2 N–H and O–H groups in total. The SMILES string of the molecule is O=C([O-])C[C@@H]1Cc2ccccc2C[NH2+]1. The van der Waals surface area contributed by atoms with Crippen molar-refractivity contribution < 1.29 is 15.2 Å².